The van der Waals surface area contributed by atoms with Gasteiger partial charge in [-0.2, -0.15) is 13.2 Å². The lowest BCUT2D eigenvalue weighted by atomic mass is 9.93. The van der Waals surface area contributed by atoms with Crippen LogP contribution in [0.2, 0.25) is 0 Å². The molecule has 0 heterocycles. The van der Waals surface area contributed by atoms with Gasteiger partial charge in [0.2, 0.25) is 15.9 Å². The fourth-order valence-electron chi connectivity index (χ4n) is 3.83. The van der Waals surface area contributed by atoms with Gasteiger partial charge in [0.25, 0.3) is 0 Å². The van der Waals surface area contributed by atoms with Crippen LogP contribution in [0.3, 0.4) is 0 Å². The molecule has 0 saturated heterocycles. The van der Waals surface area contributed by atoms with E-state index in [-0.39, 0.29) is 11.9 Å². The molecule has 0 aromatic heterocycles. The van der Waals surface area contributed by atoms with Crippen LogP contribution in [0.25, 0.3) is 0 Å². The number of aryl methyl sites for hydroxylation is 1. The molecule has 2 aromatic rings. The van der Waals surface area contributed by atoms with Crippen LogP contribution in [-0.2, 0) is 26.4 Å². The summed E-state index contributed by atoms with van der Waals surface area (Å²) >= 11 is 0. The van der Waals surface area contributed by atoms with Gasteiger partial charge < -0.3 is 5.32 Å². The molecule has 1 aliphatic carbocycles. The molecule has 32 heavy (non-hydrogen) atoms. The fraction of sp³-hybridized carbons (Fsp3) is 0.409. The lowest BCUT2D eigenvalue weighted by molar-refractivity contribution is -0.140. The zero-order valence-electron chi connectivity index (χ0n) is 18.0. The molecule has 1 amide bonds. The average molecular weight is 473 g/mol. The summed E-state index contributed by atoms with van der Waals surface area (Å²) in [6.07, 6.45) is -3.32. The number of anilines is 1. The van der Waals surface area contributed by atoms with Gasteiger partial charge in [-0.05, 0) is 55.2 Å². The van der Waals surface area contributed by atoms with Crippen LogP contribution in [0.4, 0.5) is 23.2 Å². The van der Waals surface area contributed by atoms with Crippen molar-refractivity contribution in [2.75, 3.05) is 11.0 Å². The number of sulfonamides is 1. The van der Waals surface area contributed by atoms with Gasteiger partial charge >= 0.3 is 6.18 Å². The topological polar surface area (TPSA) is 75.3 Å². The summed E-state index contributed by atoms with van der Waals surface area (Å²) in [6.45, 7) is 5.23. The Bertz CT molecular complexity index is 1160. The standard InChI is InChI=1S/C22H24F4N2O3S/c1-12-9-14(5-8-19(12)28-32(4,30)31)13(2)27-20(29)17-11-21(17,3)15-6-7-16(18(23)10-15)22(24,25)26/h5-10,13,17,28H,11H2,1-4H3,(H,27,29)/t13-,17?,21?/m1/s1. The van der Waals surface area contributed by atoms with Crippen molar-refractivity contribution in [1.29, 1.82) is 0 Å². The van der Waals surface area contributed by atoms with Gasteiger partial charge in [-0.1, -0.05) is 25.1 Å². The average Bonchev–Trinajstić information content (AvgIpc) is 3.34. The molecular formula is C22H24F4N2O3S. The van der Waals surface area contributed by atoms with Crippen molar-refractivity contribution in [3.8, 4) is 0 Å². The summed E-state index contributed by atoms with van der Waals surface area (Å²) in [5, 5.41) is 2.88. The molecule has 0 aliphatic heterocycles. The number of benzene rings is 2. The third-order valence-corrected chi connectivity index (χ3v) is 6.48. The van der Waals surface area contributed by atoms with E-state index in [1.165, 1.54) is 6.07 Å². The predicted molar refractivity (Wildman–Crippen MR) is 113 cm³/mol. The highest BCUT2D eigenvalue weighted by Gasteiger charge is 2.56. The molecule has 2 N–H and O–H groups in total. The molecule has 1 fully saturated rings. The lowest BCUT2D eigenvalue weighted by Crippen LogP contribution is -2.30. The number of carbonyl (C=O) groups excluding carboxylic acids is 1. The largest absolute Gasteiger partial charge is 0.419 e. The Hall–Kier alpha value is -2.62. The van der Waals surface area contributed by atoms with Crippen molar-refractivity contribution in [1.82, 2.24) is 5.32 Å². The van der Waals surface area contributed by atoms with Crippen LogP contribution < -0.4 is 10.0 Å². The fourth-order valence-corrected chi connectivity index (χ4v) is 4.46. The summed E-state index contributed by atoms with van der Waals surface area (Å²) < 4.78 is 77.6. The molecule has 10 heteroatoms. The van der Waals surface area contributed by atoms with Crippen molar-refractivity contribution in [3.05, 3.63) is 64.5 Å². The Morgan fingerprint density at radius 2 is 1.84 bits per heavy atom. The Morgan fingerprint density at radius 3 is 2.38 bits per heavy atom. The summed E-state index contributed by atoms with van der Waals surface area (Å²) in [4.78, 5) is 12.8. The highest BCUT2D eigenvalue weighted by molar-refractivity contribution is 7.92. The Morgan fingerprint density at radius 1 is 1.19 bits per heavy atom. The molecule has 3 rings (SSSR count). The van der Waals surface area contributed by atoms with Crippen molar-refractivity contribution in [3.63, 3.8) is 0 Å². The highest BCUT2D eigenvalue weighted by Crippen LogP contribution is 2.54. The first-order chi connectivity index (χ1) is 14.6. The van der Waals surface area contributed by atoms with E-state index in [1.807, 2.05) is 0 Å². The molecule has 2 aromatic carbocycles. The van der Waals surface area contributed by atoms with E-state index < -0.39 is 38.9 Å². The van der Waals surface area contributed by atoms with E-state index in [9.17, 15) is 30.8 Å². The smallest absolute Gasteiger partial charge is 0.349 e. The Labute approximate surface area is 184 Å². The number of nitrogens with one attached hydrogen (secondary N) is 2. The first-order valence-electron chi connectivity index (χ1n) is 9.88. The van der Waals surface area contributed by atoms with E-state index in [0.717, 1.165) is 17.9 Å². The van der Waals surface area contributed by atoms with Crippen molar-refractivity contribution >= 4 is 21.6 Å². The minimum Gasteiger partial charge on any atom is -0.349 e. The van der Waals surface area contributed by atoms with Gasteiger partial charge in [0.1, 0.15) is 5.82 Å². The maximum atomic E-state index is 14.0. The first kappa shape index (κ1) is 24.0. The monoisotopic (exact) mass is 472 g/mol. The second-order valence-corrected chi connectivity index (χ2v) is 10.3. The zero-order chi connectivity index (χ0) is 24.1. The van der Waals surface area contributed by atoms with Crippen LogP contribution in [0.1, 0.15) is 48.6 Å². The number of carbonyl (C=O) groups is 1. The molecule has 174 valence electrons. The summed E-state index contributed by atoms with van der Waals surface area (Å²) in [7, 11) is -3.42. The summed E-state index contributed by atoms with van der Waals surface area (Å²) in [5.41, 5.74) is 0.165. The van der Waals surface area contributed by atoms with Gasteiger partial charge in [0.15, 0.2) is 0 Å². The molecule has 0 radical (unpaired) electrons. The van der Waals surface area contributed by atoms with Crippen molar-refractivity contribution in [2.24, 2.45) is 5.92 Å². The van der Waals surface area contributed by atoms with Crippen LogP contribution in [0.15, 0.2) is 36.4 Å². The van der Waals surface area contributed by atoms with Gasteiger partial charge in [-0.3, -0.25) is 9.52 Å². The number of hydrogen-bond donors (Lipinski definition) is 2. The van der Waals surface area contributed by atoms with Gasteiger partial charge in [0.05, 0.1) is 23.5 Å². The second-order valence-electron chi connectivity index (χ2n) is 8.55. The van der Waals surface area contributed by atoms with E-state index in [1.54, 1.807) is 39.0 Å². The van der Waals surface area contributed by atoms with E-state index >= 15 is 0 Å². The third-order valence-electron chi connectivity index (χ3n) is 5.89. The minimum absolute atomic E-state index is 0.281. The summed E-state index contributed by atoms with van der Waals surface area (Å²) in [5.74, 6) is -2.13. The van der Waals surface area contributed by atoms with Crippen molar-refractivity contribution < 1.29 is 30.8 Å². The second kappa shape index (κ2) is 8.06. The van der Waals surface area contributed by atoms with Crippen LogP contribution >= 0.6 is 0 Å². The number of halogens is 4. The van der Waals surface area contributed by atoms with Gasteiger partial charge in [-0.25, -0.2) is 12.8 Å². The number of amides is 1. The maximum absolute atomic E-state index is 14.0. The molecule has 1 saturated carbocycles. The quantitative estimate of drug-likeness (QED) is 0.600. The number of alkyl halides is 3. The normalized spacial score (nSPS) is 21.7. The van der Waals surface area contributed by atoms with E-state index in [2.05, 4.69) is 10.0 Å². The van der Waals surface area contributed by atoms with Gasteiger partial charge in [-0.15, -0.1) is 0 Å². The molecule has 0 bridgehead atoms. The first-order valence-corrected chi connectivity index (χ1v) is 11.8. The zero-order valence-corrected chi connectivity index (χ0v) is 18.8. The minimum atomic E-state index is -4.77. The number of rotatable bonds is 6. The number of hydrogen-bond acceptors (Lipinski definition) is 3. The van der Waals surface area contributed by atoms with Gasteiger partial charge in [0, 0.05) is 11.3 Å². The van der Waals surface area contributed by atoms with Crippen LogP contribution in [0, 0.1) is 18.7 Å². The predicted octanol–water partition coefficient (Wildman–Crippen LogP) is 4.68. The molecule has 3 atom stereocenters. The molecular weight excluding hydrogens is 448 g/mol. The molecule has 2 unspecified atom stereocenters. The third kappa shape index (κ3) is 5.06. The molecule has 1 aliphatic rings. The molecule has 0 spiro atoms. The SMILES string of the molecule is Cc1cc([C@@H](C)NC(=O)C2CC2(C)c2ccc(C(F)(F)F)c(F)c2)ccc1NS(C)(=O)=O. The maximum Gasteiger partial charge on any atom is 0.419 e. The molecule has 5 nitrogen and oxygen atoms in total. The highest BCUT2D eigenvalue weighted by atomic mass is 32.2. The summed E-state index contributed by atoms with van der Waals surface area (Å²) in [6, 6.07) is 7.47. The van der Waals surface area contributed by atoms with Crippen molar-refractivity contribution in [2.45, 2.75) is 44.8 Å². The van der Waals surface area contributed by atoms with E-state index in [4.69, 9.17) is 0 Å². The Kier molecular flexibility index (Phi) is 6.05. The van der Waals surface area contributed by atoms with E-state index in [0.29, 0.717) is 29.3 Å². The lowest BCUT2D eigenvalue weighted by Gasteiger charge is -2.18. The van der Waals surface area contributed by atoms with Crippen LogP contribution in [0.5, 0.6) is 0 Å². The Balaban J connectivity index is 1.70. The van der Waals surface area contributed by atoms with Crippen LogP contribution in [-0.4, -0.2) is 20.6 Å².